The number of hydrogen-bond donors (Lipinski definition) is 0. The third-order valence-corrected chi connectivity index (χ3v) is 11.1. The van der Waals surface area contributed by atoms with E-state index in [1.54, 1.807) is 0 Å². The second-order valence-electron chi connectivity index (χ2n) is 12.9. The Hall–Kier alpha value is -6.43. The minimum atomic E-state index is 0.655. The molecule has 4 nitrogen and oxygen atoms in total. The van der Waals surface area contributed by atoms with E-state index in [1.807, 2.05) is 72.0 Å². The van der Waals surface area contributed by atoms with Crippen molar-refractivity contribution in [1.82, 2.24) is 19.4 Å². The zero-order valence-electron chi connectivity index (χ0n) is 26.7. The quantitative estimate of drug-likeness (QED) is 0.190. The number of nitrogens with zero attached hydrogens (tertiary/aromatic N) is 4. The Kier molecular flexibility index (Phi) is 5.80. The van der Waals surface area contributed by atoms with Gasteiger partial charge in [-0.15, -0.1) is 11.3 Å². The maximum absolute atomic E-state index is 4.98. The van der Waals surface area contributed by atoms with Crippen LogP contribution in [0, 0.1) is 0 Å². The van der Waals surface area contributed by atoms with Crippen LogP contribution in [0.25, 0.3) is 104 Å². The zero-order chi connectivity index (χ0) is 32.8. The molecule has 232 valence electrons. The van der Waals surface area contributed by atoms with Gasteiger partial charge in [0.2, 0.25) is 0 Å². The van der Waals surface area contributed by atoms with Gasteiger partial charge in [-0.3, -0.25) is 0 Å². The molecule has 0 N–H and O–H groups in total. The average molecular weight is 655 g/mol. The van der Waals surface area contributed by atoms with Crippen LogP contribution < -0.4 is 0 Å². The van der Waals surface area contributed by atoms with Gasteiger partial charge in [0, 0.05) is 58.4 Å². The van der Waals surface area contributed by atoms with Gasteiger partial charge in [0.1, 0.15) is 0 Å². The van der Waals surface area contributed by atoms with Gasteiger partial charge < -0.3 is 4.40 Å². The predicted octanol–water partition coefficient (Wildman–Crippen LogP) is 12.1. The van der Waals surface area contributed by atoms with E-state index >= 15 is 0 Å². The highest BCUT2D eigenvalue weighted by molar-refractivity contribution is 7.25. The van der Waals surface area contributed by atoms with E-state index in [4.69, 9.17) is 15.0 Å². The van der Waals surface area contributed by atoms with E-state index in [2.05, 4.69) is 101 Å². The Labute approximate surface area is 290 Å². The van der Waals surface area contributed by atoms with Gasteiger partial charge >= 0.3 is 0 Å². The average Bonchev–Trinajstić information content (AvgIpc) is 3.84. The number of para-hydroxylation sites is 2. The zero-order valence-corrected chi connectivity index (χ0v) is 27.5. The summed E-state index contributed by atoms with van der Waals surface area (Å²) in [5.74, 6) is 1.98. The molecule has 4 aromatic heterocycles. The van der Waals surface area contributed by atoms with E-state index in [-0.39, 0.29) is 0 Å². The molecule has 5 heteroatoms. The van der Waals surface area contributed by atoms with Gasteiger partial charge in [-0.05, 0) is 47.5 Å². The molecule has 0 bridgehead atoms. The van der Waals surface area contributed by atoms with E-state index in [9.17, 15) is 0 Å². The smallest absolute Gasteiger partial charge is 0.164 e. The summed E-state index contributed by atoms with van der Waals surface area (Å²) in [6.45, 7) is 0. The lowest BCUT2D eigenvalue weighted by Gasteiger charge is -2.10. The lowest BCUT2D eigenvalue weighted by molar-refractivity contribution is 1.07. The highest BCUT2D eigenvalue weighted by Gasteiger charge is 2.19. The molecule has 0 aliphatic rings. The predicted molar refractivity (Wildman–Crippen MR) is 209 cm³/mol. The molecule has 0 unspecified atom stereocenters. The molecule has 0 amide bonds. The van der Waals surface area contributed by atoms with Crippen molar-refractivity contribution in [2.45, 2.75) is 0 Å². The third kappa shape index (κ3) is 4.08. The molecule has 0 atom stereocenters. The first-order chi connectivity index (χ1) is 24.8. The standard InChI is InChI=1S/C45H26N4S/c1-3-11-27(12-4-1)43-46-44(28-13-5-2-6-14-28)48-45(47-43)31-16-9-15-29(23-31)30-21-22-40-36(24-30)37-25-39-35(26-41(37)50-40)34-19-10-18-33-32-17-7-8-20-38(32)49(39)42(33)34/h1-26H. The molecule has 11 rings (SSSR count). The summed E-state index contributed by atoms with van der Waals surface area (Å²) in [5, 5.41) is 7.81. The molecule has 0 aliphatic heterocycles. The molecule has 0 saturated heterocycles. The van der Waals surface area contributed by atoms with Crippen LogP contribution in [0.2, 0.25) is 0 Å². The molecular formula is C45H26N4S. The van der Waals surface area contributed by atoms with Crippen molar-refractivity contribution in [2.75, 3.05) is 0 Å². The Morgan fingerprint density at radius 3 is 1.66 bits per heavy atom. The van der Waals surface area contributed by atoms with Crippen LogP contribution in [0.5, 0.6) is 0 Å². The summed E-state index contributed by atoms with van der Waals surface area (Å²) in [5.41, 5.74) is 8.99. The van der Waals surface area contributed by atoms with Crippen LogP contribution >= 0.6 is 11.3 Å². The van der Waals surface area contributed by atoms with E-state index < -0.39 is 0 Å². The van der Waals surface area contributed by atoms with E-state index in [0.717, 1.165) is 27.8 Å². The van der Waals surface area contributed by atoms with Crippen molar-refractivity contribution in [3.05, 3.63) is 158 Å². The van der Waals surface area contributed by atoms with Crippen LogP contribution in [0.15, 0.2) is 158 Å². The van der Waals surface area contributed by atoms with Crippen LogP contribution in [-0.4, -0.2) is 19.4 Å². The minimum absolute atomic E-state index is 0.655. The largest absolute Gasteiger partial charge is 0.308 e. The van der Waals surface area contributed by atoms with Crippen molar-refractivity contribution in [2.24, 2.45) is 0 Å². The van der Waals surface area contributed by atoms with Gasteiger partial charge in [0.25, 0.3) is 0 Å². The summed E-state index contributed by atoms with van der Waals surface area (Å²) in [6.07, 6.45) is 0. The SMILES string of the molecule is c1ccc(-c2nc(-c3ccccc3)nc(-c3cccc(-c4ccc5sc6cc7c8cccc9c%10ccccc%10n(c7cc6c5c4)c98)c3)n2)cc1. The summed E-state index contributed by atoms with van der Waals surface area (Å²) >= 11 is 1.87. The first-order valence-corrected chi connectivity index (χ1v) is 17.6. The van der Waals surface area contributed by atoms with Gasteiger partial charge in [-0.2, -0.15) is 0 Å². The monoisotopic (exact) mass is 654 g/mol. The normalized spacial score (nSPS) is 12.0. The van der Waals surface area contributed by atoms with Gasteiger partial charge in [-0.25, -0.2) is 15.0 Å². The van der Waals surface area contributed by atoms with Crippen molar-refractivity contribution in [3.63, 3.8) is 0 Å². The summed E-state index contributed by atoms with van der Waals surface area (Å²) < 4.78 is 5.06. The maximum Gasteiger partial charge on any atom is 0.164 e. The van der Waals surface area contributed by atoms with Crippen LogP contribution in [-0.2, 0) is 0 Å². The fraction of sp³-hybridized carbons (Fsp3) is 0. The second-order valence-corrected chi connectivity index (χ2v) is 13.9. The van der Waals surface area contributed by atoms with Gasteiger partial charge in [0.05, 0.1) is 16.6 Å². The van der Waals surface area contributed by atoms with Gasteiger partial charge in [0.15, 0.2) is 17.5 Å². The van der Waals surface area contributed by atoms with E-state index in [0.29, 0.717) is 17.5 Å². The van der Waals surface area contributed by atoms with Gasteiger partial charge in [-0.1, -0.05) is 121 Å². The summed E-state index contributed by atoms with van der Waals surface area (Å²) in [4.78, 5) is 14.8. The molecule has 0 saturated carbocycles. The molecule has 4 heterocycles. The highest BCUT2D eigenvalue weighted by atomic mass is 32.1. The molecule has 0 aliphatic carbocycles. The van der Waals surface area contributed by atoms with E-state index in [1.165, 1.54) is 58.3 Å². The summed E-state index contributed by atoms with van der Waals surface area (Å²) in [7, 11) is 0. The molecule has 50 heavy (non-hydrogen) atoms. The number of rotatable bonds is 4. The van der Waals surface area contributed by atoms with Crippen molar-refractivity contribution in [3.8, 4) is 45.3 Å². The van der Waals surface area contributed by atoms with Crippen molar-refractivity contribution < 1.29 is 0 Å². The first kappa shape index (κ1) is 27.5. The minimum Gasteiger partial charge on any atom is -0.308 e. The number of aromatic nitrogens is 4. The molecule has 0 fully saturated rings. The third-order valence-electron chi connectivity index (χ3n) is 9.97. The Bertz CT molecular complexity index is 3030. The Balaban J connectivity index is 1.07. The fourth-order valence-electron chi connectivity index (χ4n) is 7.65. The fourth-order valence-corrected chi connectivity index (χ4v) is 8.76. The molecular weight excluding hydrogens is 629 g/mol. The number of hydrogen-bond acceptors (Lipinski definition) is 4. The maximum atomic E-state index is 4.98. The Morgan fingerprint density at radius 1 is 0.340 bits per heavy atom. The van der Waals surface area contributed by atoms with Crippen molar-refractivity contribution >= 4 is 69.6 Å². The first-order valence-electron chi connectivity index (χ1n) is 16.8. The molecule has 0 spiro atoms. The number of thiophene rings is 1. The number of benzene rings is 7. The lowest BCUT2D eigenvalue weighted by Crippen LogP contribution is -2.00. The molecule has 0 radical (unpaired) electrons. The Morgan fingerprint density at radius 2 is 0.900 bits per heavy atom. The lowest BCUT2D eigenvalue weighted by atomic mass is 10.00. The highest BCUT2D eigenvalue weighted by Crippen LogP contribution is 2.44. The second kappa shape index (κ2) is 10.5. The molecule has 7 aromatic carbocycles. The summed E-state index contributed by atoms with van der Waals surface area (Å²) in [6, 6.07) is 56.0. The number of fused-ring (bicyclic) bond motifs is 9. The topological polar surface area (TPSA) is 43.1 Å². The van der Waals surface area contributed by atoms with Crippen LogP contribution in [0.4, 0.5) is 0 Å². The van der Waals surface area contributed by atoms with Crippen LogP contribution in [0.3, 0.4) is 0 Å². The van der Waals surface area contributed by atoms with Crippen molar-refractivity contribution in [1.29, 1.82) is 0 Å². The molecule has 11 aromatic rings. The van der Waals surface area contributed by atoms with Crippen LogP contribution in [0.1, 0.15) is 0 Å².